The van der Waals surface area contributed by atoms with E-state index < -0.39 is 0 Å². The first-order valence-electron chi connectivity index (χ1n) is 6.97. The molecule has 1 rings (SSSR count). The molecule has 1 saturated heterocycles. The fraction of sp³-hybridized carbons (Fsp3) is 1.00. The molecule has 0 saturated carbocycles. The molecule has 1 heteroatoms. The first kappa shape index (κ1) is 13.0. The Labute approximate surface area is 95.6 Å². The number of hydrogen-bond acceptors (Lipinski definition) is 1. The molecule has 0 N–H and O–H groups in total. The topological polar surface area (TPSA) is 12.5 Å². The smallest absolute Gasteiger partial charge is 0.0914 e. The van der Waals surface area contributed by atoms with Gasteiger partial charge in [0, 0.05) is 0 Å². The van der Waals surface area contributed by atoms with Gasteiger partial charge in [0.2, 0.25) is 0 Å². The number of hydrogen-bond donors (Lipinski definition) is 0. The zero-order valence-electron chi connectivity index (χ0n) is 10.7. The molecule has 0 aliphatic carbocycles. The number of epoxide rings is 1. The fourth-order valence-corrected chi connectivity index (χ4v) is 2.21. The Bertz CT molecular complexity index is 149. The largest absolute Gasteiger partial charge is 0.370 e. The van der Waals surface area contributed by atoms with Gasteiger partial charge < -0.3 is 4.74 Å². The maximum atomic E-state index is 5.50. The molecule has 0 aromatic carbocycles. The van der Waals surface area contributed by atoms with Crippen molar-refractivity contribution in [2.24, 2.45) is 0 Å². The predicted molar refractivity (Wildman–Crippen MR) is 66.2 cm³/mol. The van der Waals surface area contributed by atoms with E-state index in [1.165, 1.54) is 64.2 Å². The first-order valence-corrected chi connectivity index (χ1v) is 6.97. The van der Waals surface area contributed by atoms with Crippen LogP contribution in [0.4, 0.5) is 0 Å². The summed E-state index contributed by atoms with van der Waals surface area (Å²) in [5, 5.41) is 0. The second-order valence-electron chi connectivity index (χ2n) is 5.05. The van der Waals surface area contributed by atoms with Crippen LogP contribution < -0.4 is 0 Å². The van der Waals surface area contributed by atoms with Gasteiger partial charge in [-0.05, 0) is 12.8 Å². The summed E-state index contributed by atoms with van der Waals surface area (Å²) in [5.74, 6) is 0. The van der Waals surface area contributed by atoms with Gasteiger partial charge >= 0.3 is 0 Å². The van der Waals surface area contributed by atoms with Gasteiger partial charge in [0.1, 0.15) is 0 Å². The molecule has 0 bridgehead atoms. The van der Waals surface area contributed by atoms with Crippen LogP contribution in [-0.2, 0) is 4.74 Å². The van der Waals surface area contributed by atoms with Crippen molar-refractivity contribution in [3.8, 4) is 0 Å². The summed E-state index contributed by atoms with van der Waals surface area (Å²) in [7, 11) is 0. The Morgan fingerprint density at radius 2 is 1.40 bits per heavy atom. The molecule has 1 fully saturated rings. The Hall–Kier alpha value is -0.0400. The van der Waals surface area contributed by atoms with Crippen molar-refractivity contribution in [2.45, 2.75) is 83.7 Å². The van der Waals surface area contributed by atoms with E-state index in [9.17, 15) is 0 Å². The highest BCUT2D eigenvalue weighted by Crippen LogP contribution is 2.35. The fourth-order valence-electron chi connectivity index (χ4n) is 2.21. The minimum atomic E-state index is 0.336. The highest BCUT2D eigenvalue weighted by Gasteiger charge is 2.41. The summed E-state index contributed by atoms with van der Waals surface area (Å²) in [6, 6.07) is 0. The van der Waals surface area contributed by atoms with Crippen LogP contribution in [0, 0.1) is 0 Å². The third-order valence-electron chi connectivity index (χ3n) is 3.68. The van der Waals surface area contributed by atoms with Crippen LogP contribution in [0.2, 0.25) is 0 Å². The van der Waals surface area contributed by atoms with Gasteiger partial charge in [0.05, 0.1) is 12.2 Å². The first-order chi connectivity index (χ1) is 7.33. The Kier molecular flexibility index (Phi) is 6.31. The third kappa shape index (κ3) is 5.55. The summed E-state index contributed by atoms with van der Waals surface area (Å²) in [6.07, 6.45) is 13.9. The maximum Gasteiger partial charge on any atom is 0.0914 e. The van der Waals surface area contributed by atoms with E-state index in [4.69, 9.17) is 4.74 Å². The molecule has 1 aliphatic rings. The predicted octanol–water partition coefficient (Wildman–Crippen LogP) is 4.70. The van der Waals surface area contributed by atoms with Crippen molar-refractivity contribution >= 4 is 0 Å². The van der Waals surface area contributed by atoms with E-state index in [-0.39, 0.29) is 0 Å². The molecule has 0 aromatic rings. The van der Waals surface area contributed by atoms with Crippen molar-refractivity contribution in [2.75, 3.05) is 6.61 Å². The van der Waals surface area contributed by atoms with Gasteiger partial charge in [-0.2, -0.15) is 0 Å². The van der Waals surface area contributed by atoms with Crippen molar-refractivity contribution < 1.29 is 4.74 Å². The van der Waals surface area contributed by atoms with Crippen LogP contribution >= 0.6 is 0 Å². The lowest BCUT2D eigenvalue weighted by atomic mass is 9.98. The zero-order chi connectivity index (χ0) is 11.0. The molecule has 1 heterocycles. The number of rotatable bonds is 10. The van der Waals surface area contributed by atoms with Gasteiger partial charge in [-0.1, -0.05) is 65.2 Å². The van der Waals surface area contributed by atoms with E-state index >= 15 is 0 Å². The SMILES string of the molecule is CCCCCCCCCCC1(CC)CO1. The lowest BCUT2D eigenvalue weighted by Gasteiger charge is -2.07. The van der Waals surface area contributed by atoms with Crippen LogP contribution in [0.25, 0.3) is 0 Å². The summed E-state index contributed by atoms with van der Waals surface area (Å²) in [6.45, 7) is 5.55. The molecule has 1 unspecified atom stereocenters. The second kappa shape index (κ2) is 7.27. The lowest BCUT2D eigenvalue weighted by Crippen LogP contribution is -2.08. The van der Waals surface area contributed by atoms with Crippen LogP contribution in [0.3, 0.4) is 0 Å². The minimum absolute atomic E-state index is 0.336. The van der Waals surface area contributed by atoms with Crippen LogP contribution in [0.15, 0.2) is 0 Å². The van der Waals surface area contributed by atoms with E-state index in [1.54, 1.807) is 0 Å². The average Bonchev–Trinajstić information content (AvgIpc) is 3.03. The summed E-state index contributed by atoms with van der Waals surface area (Å²) >= 11 is 0. The van der Waals surface area contributed by atoms with Crippen molar-refractivity contribution in [1.82, 2.24) is 0 Å². The standard InChI is InChI=1S/C14H28O/c1-3-5-6-7-8-9-10-11-12-14(4-2)13-15-14/h3-13H2,1-2H3. The average molecular weight is 212 g/mol. The van der Waals surface area contributed by atoms with Gasteiger partial charge in [-0.3, -0.25) is 0 Å². The second-order valence-corrected chi connectivity index (χ2v) is 5.05. The maximum absolute atomic E-state index is 5.50. The van der Waals surface area contributed by atoms with Crippen LogP contribution in [0.1, 0.15) is 78.1 Å². The molecule has 1 atom stereocenters. The molecule has 1 nitrogen and oxygen atoms in total. The Balaban J connectivity index is 1.77. The third-order valence-corrected chi connectivity index (χ3v) is 3.68. The highest BCUT2D eigenvalue weighted by molar-refractivity contribution is 4.90. The minimum Gasteiger partial charge on any atom is -0.370 e. The van der Waals surface area contributed by atoms with Crippen molar-refractivity contribution in [3.63, 3.8) is 0 Å². The van der Waals surface area contributed by atoms with Crippen molar-refractivity contribution in [3.05, 3.63) is 0 Å². The van der Waals surface area contributed by atoms with Crippen LogP contribution in [0.5, 0.6) is 0 Å². The summed E-state index contributed by atoms with van der Waals surface area (Å²) < 4.78 is 5.50. The van der Waals surface area contributed by atoms with Gasteiger partial charge in [-0.25, -0.2) is 0 Å². The quantitative estimate of drug-likeness (QED) is 0.378. The molecule has 90 valence electrons. The number of unbranched alkanes of at least 4 members (excludes halogenated alkanes) is 7. The van der Waals surface area contributed by atoms with Crippen molar-refractivity contribution in [1.29, 1.82) is 0 Å². The normalized spacial score (nSPS) is 24.4. The zero-order valence-corrected chi connectivity index (χ0v) is 10.7. The van der Waals surface area contributed by atoms with Gasteiger partial charge in [0.25, 0.3) is 0 Å². The Morgan fingerprint density at radius 1 is 0.867 bits per heavy atom. The molecule has 0 radical (unpaired) electrons. The Morgan fingerprint density at radius 3 is 1.87 bits per heavy atom. The molecular formula is C14H28O. The lowest BCUT2D eigenvalue weighted by molar-refractivity contribution is 0.274. The number of ether oxygens (including phenoxy) is 1. The van der Waals surface area contributed by atoms with E-state index in [1.807, 2.05) is 0 Å². The van der Waals surface area contributed by atoms with E-state index in [2.05, 4.69) is 13.8 Å². The molecule has 15 heavy (non-hydrogen) atoms. The van der Waals surface area contributed by atoms with E-state index in [0.29, 0.717) is 5.60 Å². The molecule has 0 amide bonds. The summed E-state index contributed by atoms with van der Waals surface area (Å²) in [4.78, 5) is 0. The monoisotopic (exact) mass is 212 g/mol. The molecule has 0 aromatic heterocycles. The van der Waals surface area contributed by atoms with Crippen LogP contribution in [-0.4, -0.2) is 12.2 Å². The molecule has 0 spiro atoms. The molecule has 1 aliphatic heterocycles. The van der Waals surface area contributed by atoms with E-state index in [0.717, 1.165) is 6.61 Å². The van der Waals surface area contributed by atoms with Gasteiger partial charge in [0.15, 0.2) is 0 Å². The van der Waals surface area contributed by atoms with Gasteiger partial charge in [-0.15, -0.1) is 0 Å². The molecular weight excluding hydrogens is 184 g/mol. The highest BCUT2D eigenvalue weighted by atomic mass is 16.6. The summed E-state index contributed by atoms with van der Waals surface area (Å²) in [5.41, 5.74) is 0.336.